The number of benzene rings is 1. The molecule has 0 radical (unpaired) electrons. The Morgan fingerprint density at radius 2 is 1.88 bits per heavy atom. The van der Waals surface area contributed by atoms with Gasteiger partial charge >= 0.3 is 0 Å². The molecule has 0 aliphatic heterocycles. The quantitative estimate of drug-likeness (QED) is 0.396. The molecule has 0 amide bonds. The number of rotatable bonds is 1. The molecule has 0 heterocycles. The van der Waals surface area contributed by atoms with E-state index < -0.39 is 0 Å². The van der Waals surface area contributed by atoms with Crippen molar-refractivity contribution >= 4 is 40.8 Å². The van der Waals surface area contributed by atoms with Gasteiger partial charge in [-0.1, -0.05) is 23.2 Å². The first-order valence-electron chi connectivity index (χ1n) is 4.37. The molecule has 16 heavy (non-hydrogen) atoms. The van der Waals surface area contributed by atoms with Gasteiger partial charge in [0.05, 0.1) is 10.7 Å². The van der Waals surface area contributed by atoms with Crippen LogP contribution in [0.25, 0.3) is 0 Å². The second kappa shape index (κ2) is 5.58. The molecule has 0 bridgehead atoms. The molecule has 86 valence electrons. The minimum atomic E-state index is -0.0662. The van der Waals surface area contributed by atoms with E-state index in [0.717, 1.165) is 0 Å². The van der Waals surface area contributed by atoms with Crippen LogP contribution in [0.4, 0.5) is 5.69 Å². The van der Waals surface area contributed by atoms with E-state index in [-0.39, 0.29) is 11.9 Å². The molecular weight excluding hydrogens is 249 g/mol. The van der Waals surface area contributed by atoms with Gasteiger partial charge in [0, 0.05) is 12.1 Å². The molecule has 0 unspecified atom stereocenters. The van der Waals surface area contributed by atoms with Crippen molar-refractivity contribution in [3.05, 3.63) is 28.2 Å². The van der Waals surface area contributed by atoms with Crippen LogP contribution in [0.1, 0.15) is 0 Å². The predicted octanol–water partition coefficient (Wildman–Crippen LogP) is 2.08. The molecule has 1 aromatic rings. The lowest BCUT2D eigenvalue weighted by atomic mass is 10.3. The predicted molar refractivity (Wildman–Crippen MR) is 67.7 cm³/mol. The molecule has 0 saturated heterocycles. The van der Waals surface area contributed by atoms with E-state index in [9.17, 15) is 0 Å². The molecular formula is C9H11Cl2N5. The minimum absolute atomic E-state index is 0.00986. The second-order valence-corrected chi connectivity index (χ2v) is 3.72. The van der Waals surface area contributed by atoms with Crippen molar-refractivity contribution in [2.24, 2.45) is 0 Å². The van der Waals surface area contributed by atoms with Crippen molar-refractivity contribution in [2.75, 3.05) is 12.4 Å². The number of guanidine groups is 2. The highest BCUT2D eigenvalue weighted by molar-refractivity contribution is 6.35. The highest BCUT2D eigenvalue weighted by atomic mass is 35.5. The Bertz CT molecular complexity index is 418. The summed E-state index contributed by atoms with van der Waals surface area (Å²) in [5.41, 5.74) is 0.510. The molecule has 1 rings (SSSR count). The number of nitrogens with one attached hydrogen (secondary N) is 5. The summed E-state index contributed by atoms with van der Waals surface area (Å²) in [4.78, 5) is 0. The van der Waals surface area contributed by atoms with Crippen molar-refractivity contribution in [1.29, 1.82) is 10.8 Å². The minimum Gasteiger partial charge on any atom is -0.359 e. The molecule has 0 aliphatic carbocycles. The third-order valence-corrected chi connectivity index (χ3v) is 2.25. The topological polar surface area (TPSA) is 83.8 Å². The summed E-state index contributed by atoms with van der Waals surface area (Å²) in [6, 6.07) is 4.88. The highest BCUT2D eigenvalue weighted by Crippen LogP contribution is 2.24. The average molecular weight is 260 g/mol. The normalized spacial score (nSPS) is 9.44. The van der Waals surface area contributed by atoms with Gasteiger partial charge in [-0.25, -0.2) is 0 Å². The summed E-state index contributed by atoms with van der Waals surface area (Å²) in [7, 11) is 1.58. The van der Waals surface area contributed by atoms with E-state index in [1.54, 1.807) is 25.2 Å². The van der Waals surface area contributed by atoms with Crippen molar-refractivity contribution in [1.82, 2.24) is 10.6 Å². The molecule has 0 saturated carbocycles. The van der Waals surface area contributed by atoms with Crippen LogP contribution >= 0.6 is 23.2 Å². The summed E-state index contributed by atoms with van der Waals surface area (Å²) in [6.07, 6.45) is 0. The Morgan fingerprint density at radius 1 is 1.19 bits per heavy atom. The van der Waals surface area contributed by atoms with Crippen LogP contribution in [0.3, 0.4) is 0 Å². The maximum atomic E-state index is 7.52. The fourth-order valence-electron chi connectivity index (χ4n) is 0.947. The smallest absolute Gasteiger partial charge is 0.199 e. The maximum Gasteiger partial charge on any atom is 0.199 e. The zero-order valence-corrected chi connectivity index (χ0v) is 10.00. The van der Waals surface area contributed by atoms with E-state index in [1.165, 1.54) is 0 Å². The summed E-state index contributed by atoms with van der Waals surface area (Å²) >= 11 is 11.7. The Labute approximate surface area is 103 Å². The fourth-order valence-corrected chi connectivity index (χ4v) is 1.28. The Morgan fingerprint density at radius 3 is 2.50 bits per heavy atom. The van der Waals surface area contributed by atoms with Gasteiger partial charge in [0.1, 0.15) is 0 Å². The van der Waals surface area contributed by atoms with Crippen LogP contribution in [-0.2, 0) is 0 Å². The van der Waals surface area contributed by atoms with Crippen LogP contribution in [0.15, 0.2) is 18.2 Å². The molecule has 5 nitrogen and oxygen atoms in total. The molecule has 7 heteroatoms. The highest BCUT2D eigenvalue weighted by Gasteiger charge is 2.04. The molecule has 0 atom stereocenters. The van der Waals surface area contributed by atoms with Crippen molar-refractivity contribution in [2.45, 2.75) is 0 Å². The van der Waals surface area contributed by atoms with Gasteiger partial charge in [-0.2, -0.15) is 0 Å². The van der Waals surface area contributed by atoms with Gasteiger partial charge in [0.2, 0.25) is 0 Å². The molecule has 1 aromatic carbocycles. The summed E-state index contributed by atoms with van der Waals surface area (Å²) < 4.78 is 0. The number of hydrogen-bond donors (Lipinski definition) is 5. The first-order valence-corrected chi connectivity index (χ1v) is 5.12. The van der Waals surface area contributed by atoms with Crippen molar-refractivity contribution in [3.63, 3.8) is 0 Å². The summed E-state index contributed by atoms with van der Waals surface area (Å²) in [5, 5.41) is 23.5. The zero-order chi connectivity index (χ0) is 12.1. The van der Waals surface area contributed by atoms with Gasteiger partial charge in [0.25, 0.3) is 0 Å². The van der Waals surface area contributed by atoms with Gasteiger partial charge in [0.15, 0.2) is 11.9 Å². The Hall–Kier alpha value is -1.46. The van der Waals surface area contributed by atoms with Crippen LogP contribution in [-0.4, -0.2) is 19.0 Å². The first kappa shape index (κ1) is 12.6. The van der Waals surface area contributed by atoms with E-state index in [4.69, 9.17) is 34.0 Å². The zero-order valence-electron chi connectivity index (χ0n) is 8.49. The van der Waals surface area contributed by atoms with Gasteiger partial charge < -0.3 is 10.6 Å². The Kier molecular flexibility index (Phi) is 4.39. The summed E-state index contributed by atoms with van der Waals surface area (Å²) in [6.45, 7) is 0. The van der Waals surface area contributed by atoms with E-state index in [0.29, 0.717) is 15.7 Å². The maximum absolute atomic E-state index is 7.52. The van der Waals surface area contributed by atoms with Gasteiger partial charge in [-0.3, -0.25) is 16.1 Å². The second-order valence-electron chi connectivity index (χ2n) is 2.87. The van der Waals surface area contributed by atoms with E-state index in [1.807, 2.05) is 0 Å². The SMILES string of the molecule is CNC(=N)NC(=N)Nc1cc(Cl)ccc1Cl. The third-order valence-electron chi connectivity index (χ3n) is 1.69. The van der Waals surface area contributed by atoms with Crippen molar-refractivity contribution in [3.8, 4) is 0 Å². The lowest BCUT2D eigenvalue weighted by molar-refractivity contribution is 1.05. The molecule has 0 fully saturated rings. The van der Waals surface area contributed by atoms with E-state index in [2.05, 4.69) is 16.0 Å². The Balaban J connectivity index is 2.69. The fraction of sp³-hybridized carbons (Fsp3) is 0.111. The van der Waals surface area contributed by atoms with Gasteiger partial charge in [-0.15, -0.1) is 0 Å². The lowest BCUT2D eigenvalue weighted by Crippen LogP contribution is -2.41. The molecule has 0 aliphatic rings. The number of hydrogen-bond acceptors (Lipinski definition) is 2. The summed E-state index contributed by atoms with van der Waals surface area (Å²) in [5.74, 6) is -0.0563. The molecule has 0 spiro atoms. The molecule has 0 aromatic heterocycles. The van der Waals surface area contributed by atoms with Crippen LogP contribution in [0.5, 0.6) is 0 Å². The standard InChI is InChI=1S/C9H11Cl2N5/c1-14-8(12)16-9(13)15-7-4-5(10)2-3-6(7)11/h2-4H,1H3,(H5,12,13,14,15,16). The van der Waals surface area contributed by atoms with Crippen LogP contribution < -0.4 is 16.0 Å². The number of anilines is 1. The third kappa shape index (κ3) is 3.60. The molecule has 5 N–H and O–H groups in total. The van der Waals surface area contributed by atoms with Gasteiger partial charge in [-0.05, 0) is 18.2 Å². The average Bonchev–Trinajstić information content (AvgIpc) is 2.23. The van der Waals surface area contributed by atoms with Crippen LogP contribution in [0.2, 0.25) is 10.0 Å². The monoisotopic (exact) mass is 259 g/mol. The first-order chi connectivity index (χ1) is 7.52. The number of halogens is 2. The van der Waals surface area contributed by atoms with Crippen LogP contribution in [0, 0.1) is 10.8 Å². The largest absolute Gasteiger partial charge is 0.359 e. The lowest BCUT2D eigenvalue weighted by Gasteiger charge is -2.11. The van der Waals surface area contributed by atoms with Crippen molar-refractivity contribution < 1.29 is 0 Å². The van der Waals surface area contributed by atoms with E-state index >= 15 is 0 Å².